The monoisotopic (exact) mass is 481 g/mol. The van der Waals surface area contributed by atoms with Crippen molar-refractivity contribution in [2.45, 2.75) is 20.0 Å². The van der Waals surface area contributed by atoms with Crippen LogP contribution in [0, 0.1) is 0 Å². The predicted octanol–water partition coefficient (Wildman–Crippen LogP) is 5.02. The summed E-state index contributed by atoms with van der Waals surface area (Å²) >= 11 is 0. The summed E-state index contributed by atoms with van der Waals surface area (Å²) in [6, 6.07) is 23.6. The van der Waals surface area contributed by atoms with Crippen LogP contribution in [0.25, 0.3) is 33.5 Å². The summed E-state index contributed by atoms with van der Waals surface area (Å²) in [5, 5.41) is 5.80. The minimum Gasteiger partial charge on any atom is -0.479 e. The molecule has 0 aliphatic carbocycles. The summed E-state index contributed by atoms with van der Waals surface area (Å²) in [6.07, 6.45) is 0.774. The molecule has 3 aromatic carbocycles. The Morgan fingerprint density at radius 1 is 1.08 bits per heavy atom. The Morgan fingerprint density at radius 3 is 2.72 bits per heavy atom. The average Bonchev–Trinajstić information content (AvgIpc) is 3.33. The number of esters is 1. The number of ether oxygens (including phenoxy) is 2. The third-order valence-corrected chi connectivity index (χ3v) is 5.51. The number of hydrogen-bond donors (Lipinski definition) is 0. The van der Waals surface area contributed by atoms with E-state index in [0.717, 1.165) is 5.39 Å². The van der Waals surface area contributed by atoms with Crippen LogP contribution in [0.3, 0.4) is 0 Å². The van der Waals surface area contributed by atoms with Gasteiger partial charge in [0.05, 0.1) is 23.7 Å². The predicted molar refractivity (Wildman–Crippen MR) is 137 cm³/mol. The molecule has 0 saturated heterocycles. The molecule has 8 nitrogen and oxygen atoms in total. The Bertz CT molecular complexity index is 1620. The molecule has 0 aliphatic rings. The van der Waals surface area contributed by atoms with Gasteiger partial charge in [0.1, 0.15) is 11.3 Å². The van der Waals surface area contributed by atoms with Crippen molar-refractivity contribution < 1.29 is 18.7 Å². The zero-order chi connectivity index (χ0) is 25.1. The first kappa shape index (κ1) is 23.0. The van der Waals surface area contributed by atoms with Crippen LogP contribution >= 0.6 is 0 Å². The Morgan fingerprint density at radius 2 is 1.89 bits per heavy atom. The Hall–Kier alpha value is -4.72. The fraction of sp³-hybridized carbons (Fsp3) is 0.143. The molecule has 0 N–H and O–H groups in total. The highest BCUT2D eigenvalue weighted by atomic mass is 16.6. The van der Waals surface area contributed by atoms with Gasteiger partial charge >= 0.3 is 5.97 Å². The van der Waals surface area contributed by atoms with E-state index < -0.39 is 12.1 Å². The number of carbonyl (C=O) groups excluding carboxylic acids is 1. The maximum absolute atomic E-state index is 13.4. The minimum atomic E-state index is -0.760. The van der Waals surface area contributed by atoms with E-state index in [1.165, 1.54) is 10.9 Å². The lowest BCUT2D eigenvalue weighted by Gasteiger charge is -2.13. The zero-order valence-electron chi connectivity index (χ0n) is 19.8. The maximum atomic E-state index is 13.4. The van der Waals surface area contributed by atoms with E-state index in [1.54, 1.807) is 50.2 Å². The standard InChI is InChI=1S/C28H23N3O5/c1-3-34-28(33)18(2)35-21-11-8-9-19(15-21)17-29-31-26(25-16-20-10-4-7-14-24(20)36-25)30-23-13-6-5-12-22(23)27(31)32/h4-18H,3H2,1-2H3/t18-/m1/s1. The Kier molecular flexibility index (Phi) is 6.32. The molecule has 0 amide bonds. The summed E-state index contributed by atoms with van der Waals surface area (Å²) in [5.74, 6) is 0.743. The molecule has 5 aromatic rings. The van der Waals surface area contributed by atoms with Crippen molar-refractivity contribution in [1.29, 1.82) is 0 Å². The van der Waals surface area contributed by atoms with Gasteiger partial charge in [-0.2, -0.15) is 9.78 Å². The quantitative estimate of drug-likeness (QED) is 0.239. The second-order valence-corrected chi connectivity index (χ2v) is 8.05. The fourth-order valence-corrected chi connectivity index (χ4v) is 3.79. The van der Waals surface area contributed by atoms with Crippen LogP contribution in [0.15, 0.2) is 93.2 Å². The van der Waals surface area contributed by atoms with Crippen LogP contribution in [0.4, 0.5) is 0 Å². The molecule has 36 heavy (non-hydrogen) atoms. The Labute approximate surface area is 206 Å². The van der Waals surface area contributed by atoms with Crippen molar-refractivity contribution >= 4 is 34.1 Å². The number of rotatable bonds is 7. The van der Waals surface area contributed by atoms with Gasteiger partial charge in [0.2, 0.25) is 5.82 Å². The van der Waals surface area contributed by atoms with Crippen molar-refractivity contribution in [3.05, 3.63) is 94.8 Å². The van der Waals surface area contributed by atoms with Gasteiger partial charge in [-0.25, -0.2) is 9.78 Å². The number of para-hydroxylation sites is 2. The highest BCUT2D eigenvalue weighted by Gasteiger charge is 2.17. The molecule has 2 heterocycles. The molecule has 8 heteroatoms. The number of furan rings is 1. The molecule has 0 radical (unpaired) electrons. The van der Waals surface area contributed by atoms with E-state index in [-0.39, 0.29) is 18.0 Å². The van der Waals surface area contributed by atoms with Crippen molar-refractivity contribution in [3.63, 3.8) is 0 Å². The average molecular weight is 482 g/mol. The summed E-state index contributed by atoms with van der Waals surface area (Å²) < 4.78 is 17.9. The van der Waals surface area contributed by atoms with E-state index in [2.05, 4.69) is 10.1 Å². The molecule has 180 valence electrons. The lowest BCUT2D eigenvalue weighted by molar-refractivity contribution is -0.150. The summed E-state index contributed by atoms with van der Waals surface area (Å²) in [5.41, 5.74) is 1.58. The highest BCUT2D eigenvalue weighted by molar-refractivity contribution is 5.85. The van der Waals surface area contributed by atoms with Gasteiger partial charge in [-0.05, 0) is 55.8 Å². The van der Waals surface area contributed by atoms with Crippen LogP contribution in [0.1, 0.15) is 19.4 Å². The van der Waals surface area contributed by atoms with Gasteiger partial charge in [-0.1, -0.05) is 42.5 Å². The van der Waals surface area contributed by atoms with E-state index in [1.807, 2.05) is 42.5 Å². The molecule has 0 bridgehead atoms. The minimum absolute atomic E-state index is 0.279. The fourth-order valence-electron chi connectivity index (χ4n) is 3.79. The largest absolute Gasteiger partial charge is 0.479 e. The normalized spacial score (nSPS) is 12.3. The van der Waals surface area contributed by atoms with Gasteiger partial charge in [0.15, 0.2) is 11.9 Å². The van der Waals surface area contributed by atoms with E-state index in [4.69, 9.17) is 13.9 Å². The van der Waals surface area contributed by atoms with E-state index >= 15 is 0 Å². The third-order valence-electron chi connectivity index (χ3n) is 5.51. The number of fused-ring (bicyclic) bond motifs is 2. The second-order valence-electron chi connectivity index (χ2n) is 8.05. The number of hydrogen-bond acceptors (Lipinski definition) is 7. The van der Waals surface area contributed by atoms with Crippen molar-refractivity contribution in [2.24, 2.45) is 5.10 Å². The Balaban J connectivity index is 1.54. The number of carbonyl (C=O) groups is 1. The van der Waals surface area contributed by atoms with Gasteiger partial charge in [0.25, 0.3) is 5.56 Å². The first-order valence-electron chi connectivity index (χ1n) is 11.5. The molecule has 0 aliphatic heterocycles. The van der Waals surface area contributed by atoms with Gasteiger partial charge in [0, 0.05) is 5.39 Å². The molecule has 0 unspecified atom stereocenters. The summed E-state index contributed by atoms with van der Waals surface area (Å²) in [6.45, 7) is 3.64. The first-order valence-corrected chi connectivity index (χ1v) is 11.5. The molecular weight excluding hydrogens is 458 g/mol. The lowest BCUT2D eigenvalue weighted by atomic mass is 10.2. The summed E-state index contributed by atoms with van der Waals surface area (Å²) in [7, 11) is 0. The van der Waals surface area contributed by atoms with Crippen LogP contribution in [0.5, 0.6) is 5.75 Å². The molecule has 0 spiro atoms. The summed E-state index contributed by atoms with van der Waals surface area (Å²) in [4.78, 5) is 30.0. The smallest absolute Gasteiger partial charge is 0.347 e. The zero-order valence-corrected chi connectivity index (χ0v) is 19.8. The first-order chi connectivity index (χ1) is 17.5. The van der Waals surface area contributed by atoms with E-state index in [9.17, 15) is 9.59 Å². The SMILES string of the molecule is CCOC(=O)[C@@H](C)Oc1cccc(C=Nn2c(-c3cc4ccccc4o3)nc3ccccc3c2=O)c1. The maximum Gasteiger partial charge on any atom is 0.347 e. The molecular formula is C28H23N3O5. The molecule has 1 atom stereocenters. The van der Waals surface area contributed by atoms with Crippen LogP contribution in [-0.4, -0.2) is 34.6 Å². The van der Waals surface area contributed by atoms with Crippen LogP contribution < -0.4 is 10.3 Å². The third kappa shape index (κ3) is 4.61. The van der Waals surface area contributed by atoms with Gasteiger partial charge in [-0.3, -0.25) is 4.79 Å². The molecule has 2 aromatic heterocycles. The van der Waals surface area contributed by atoms with Gasteiger partial charge in [-0.15, -0.1) is 0 Å². The van der Waals surface area contributed by atoms with Crippen molar-refractivity contribution in [2.75, 3.05) is 6.61 Å². The highest BCUT2D eigenvalue weighted by Crippen LogP contribution is 2.27. The van der Waals surface area contributed by atoms with Crippen LogP contribution in [0.2, 0.25) is 0 Å². The van der Waals surface area contributed by atoms with E-state index in [0.29, 0.717) is 33.6 Å². The molecule has 0 fully saturated rings. The number of nitrogens with zero attached hydrogens (tertiary/aromatic N) is 3. The van der Waals surface area contributed by atoms with Crippen molar-refractivity contribution in [1.82, 2.24) is 9.66 Å². The molecule has 0 saturated carbocycles. The number of aromatic nitrogens is 2. The van der Waals surface area contributed by atoms with Gasteiger partial charge < -0.3 is 13.9 Å². The molecule has 5 rings (SSSR count). The lowest BCUT2D eigenvalue weighted by Crippen LogP contribution is -2.26. The topological polar surface area (TPSA) is 95.9 Å². The van der Waals surface area contributed by atoms with Crippen LogP contribution in [-0.2, 0) is 9.53 Å². The number of benzene rings is 3. The van der Waals surface area contributed by atoms with Crippen molar-refractivity contribution in [3.8, 4) is 17.3 Å². The second kappa shape index (κ2) is 9.87.